The van der Waals surface area contributed by atoms with Crippen LogP contribution in [0.25, 0.3) is 0 Å². The molecule has 0 aromatic heterocycles. The van der Waals surface area contributed by atoms with Gasteiger partial charge in [0.15, 0.2) is 5.96 Å². The number of piperidine rings is 1. The van der Waals surface area contributed by atoms with Crippen molar-refractivity contribution in [3.8, 4) is 5.75 Å². The van der Waals surface area contributed by atoms with E-state index in [0.29, 0.717) is 12.3 Å². The van der Waals surface area contributed by atoms with Crippen LogP contribution in [0, 0.1) is 5.92 Å². The lowest BCUT2D eigenvalue weighted by Crippen LogP contribution is -2.47. The maximum atomic E-state index is 11.4. The number of hydrogen-bond acceptors (Lipinski definition) is 3. The molecule has 1 atom stereocenters. The highest BCUT2D eigenvalue weighted by molar-refractivity contribution is 5.80. The van der Waals surface area contributed by atoms with Crippen LogP contribution < -0.4 is 15.8 Å². The third-order valence-corrected chi connectivity index (χ3v) is 6.42. The van der Waals surface area contributed by atoms with Crippen molar-refractivity contribution < 1.29 is 9.53 Å². The molecule has 1 aromatic carbocycles. The van der Waals surface area contributed by atoms with Gasteiger partial charge in [-0.2, -0.15) is 0 Å². The Balaban J connectivity index is 1.79. The average molecular weight is 401 g/mol. The van der Waals surface area contributed by atoms with Crippen LogP contribution in [0.3, 0.4) is 0 Å². The van der Waals surface area contributed by atoms with Gasteiger partial charge in [-0.05, 0) is 56.2 Å². The third-order valence-electron chi connectivity index (χ3n) is 6.42. The van der Waals surface area contributed by atoms with E-state index < -0.39 is 0 Å². The minimum absolute atomic E-state index is 0.0810. The Morgan fingerprint density at radius 1 is 1.34 bits per heavy atom. The molecule has 0 bridgehead atoms. The van der Waals surface area contributed by atoms with Crippen molar-refractivity contribution >= 4 is 11.9 Å². The number of nitrogens with one attached hydrogen (secondary N) is 1. The highest BCUT2D eigenvalue weighted by Gasteiger charge is 2.36. The Morgan fingerprint density at radius 2 is 2.14 bits per heavy atom. The van der Waals surface area contributed by atoms with Gasteiger partial charge in [-0.3, -0.25) is 9.79 Å². The number of rotatable bonds is 7. The van der Waals surface area contributed by atoms with E-state index >= 15 is 0 Å². The predicted molar refractivity (Wildman–Crippen MR) is 117 cm³/mol. The molecule has 1 aromatic rings. The number of amides is 1. The summed E-state index contributed by atoms with van der Waals surface area (Å²) in [7, 11) is 1.72. The van der Waals surface area contributed by atoms with E-state index in [9.17, 15) is 4.79 Å². The van der Waals surface area contributed by atoms with Gasteiger partial charge < -0.3 is 20.7 Å². The maximum Gasteiger partial charge on any atom is 0.217 e. The van der Waals surface area contributed by atoms with Gasteiger partial charge in [0.25, 0.3) is 0 Å². The summed E-state index contributed by atoms with van der Waals surface area (Å²) in [4.78, 5) is 18.8. The van der Waals surface area contributed by atoms with Gasteiger partial charge in [-0.15, -0.1) is 0 Å². The van der Waals surface area contributed by atoms with E-state index in [0.717, 1.165) is 63.6 Å². The molecule has 6 heteroatoms. The van der Waals surface area contributed by atoms with Crippen molar-refractivity contribution in [2.75, 3.05) is 33.3 Å². The summed E-state index contributed by atoms with van der Waals surface area (Å²) in [6.45, 7) is 5.55. The first-order valence-electron chi connectivity index (χ1n) is 11.0. The number of nitrogens with zero attached hydrogens (tertiary/aromatic N) is 2. The number of nitrogens with two attached hydrogens (primary N) is 1. The summed E-state index contributed by atoms with van der Waals surface area (Å²) in [5, 5.41) is 3.48. The lowest BCUT2D eigenvalue weighted by atomic mass is 9.79. The fourth-order valence-electron chi connectivity index (χ4n) is 4.90. The van der Waals surface area contributed by atoms with E-state index in [1.54, 1.807) is 7.11 Å². The quantitative estimate of drug-likeness (QED) is 0.545. The van der Waals surface area contributed by atoms with Crippen LogP contribution in [0.4, 0.5) is 0 Å². The number of carbonyl (C=O) groups is 1. The second-order valence-electron chi connectivity index (χ2n) is 8.51. The van der Waals surface area contributed by atoms with Crippen LogP contribution in [0.1, 0.15) is 57.4 Å². The first-order chi connectivity index (χ1) is 14.1. The van der Waals surface area contributed by atoms with E-state index in [2.05, 4.69) is 35.3 Å². The number of hydrogen-bond donors (Lipinski definition) is 2. The summed E-state index contributed by atoms with van der Waals surface area (Å²) >= 11 is 0. The zero-order chi connectivity index (χ0) is 20.7. The summed E-state index contributed by atoms with van der Waals surface area (Å²) < 4.78 is 5.47. The van der Waals surface area contributed by atoms with E-state index in [1.165, 1.54) is 18.4 Å². The minimum atomic E-state index is -0.207. The Labute approximate surface area is 174 Å². The van der Waals surface area contributed by atoms with Gasteiger partial charge in [-0.1, -0.05) is 25.0 Å². The van der Waals surface area contributed by atoms with Crippen LogP contribution >= 0.6 is 0 Å². The summed E-state index contributed by atoms with van der Waals surface area (Å²) in [5.41, 5.74) is 6.85. The topological polar surface area (TPSA) is 80.0 Å². The number of benzene rings is 1. The molecule has 3 N–H and O–H groups in total. The van der Waals surface area contributed by atoms with Crippen LogP contribution in [-0.2, 0) is 10.2 Å². The first-order valence-corrected chi connectivity index (χ1v) is 11.0. The Morgan fingerprint density at radius 3 is 2.83 bits per heavy atom. The highest BCUT2D eigenvalue weighted by Crippen LogP contribution is 2.42. The second kappa shape index (κ2) is 9.99. The van der Waals surface area contributed by atoms with Crippen molar-refractivity contribution in [1.29, 1.82) is 0 Å². The van der Waals surface area contributed by atoms with E-state index in [-0.39, 0.29) is 11.3 Å². The van der Waals surface area contributed by atoms with Crippen molar-refractivity contribution in [3.63, 3.8) is 0 Å². The average Bonchev–Trinajstić information content (AvgIpc) is 3.21. The molecule has 3 rings (SSSR count). The molecule has 1 heterocycles. The summed E-state index contributed by atoms with van der Waals surface area (Å²) in [5.74, 6) is 2.00. The minimum Gasteiger partial charge on any atom is -0.497 e. The molecule has 0 spiro atoms. The molecular formula is C23H36N4O2. The van der Waals surface area contributed by atoms with E-state index in [1.807, 2.05) is 6.07 Å². The van der Waals surface area contributed by atoms with Crippen molar-refractivity contribution in [2.24, 2.45) is 16.6 Å². The molecule has 1 aliphatic carbocycles. The lowest BCUT2D eigenvalue weighted by Gasteiger charge is -2.35. The fraction of sp³-hybridized carbons (Fsp3) is 0.652. The molecule has 1 saturated carbocycles. The van der Waals surface area contributed by atoms with Gasteiger partial charge in [0.2, 0.25) is 5.91 Å². The van der Waals surface area contributed by atoms with Crippen LogP contribution in [-0.4, -0.2) is 50.1 Å². The fourth-order valence-corrected chi connectivity index (χ4v) is 4.90. The van der Waals surface area contributed by atoms with Gasteiger partial charge in [0.1, 0.15) is 5.75 Å². The maximum absolute atomic E-state index is 11.4. The molecule has 2 fully saturated rings. The van der Waals surface area contributed by atoms with Crippen LogP contribution in [0.5, 0.6) is 5.75 Å². The molecular weight excluding hydrogens is 364 g/mol. The normalized spacial score (nSPS) is 21.8. The number of methoxy groups -OCH3 is 1. The van der Waals surface area contributed by atoms with Crippen molar-refractivity contribution in [1.82, 2.24) is 10.2 Å². The first kappa shape index (κ1) is 21.5. The smallest absolute Gasteiger partial charge is 0.217 e. The summed E-state index contributed by atoms with van der Waals surface area (Å²) in [6.07, 6.45) is 7.40. The summed E-state index contributed by atoms with van der Waals surface area (Å²) in [6, 6.07) is 8.49. The molecule has 1 unspecified atom stereocenters. The zero-order valence-electron chi connectivity index (χ0n) is 18.0. The monoisotopic (exact) mass is 400 g/mol. The van der Waals surface area contributed by atoms with Crippen LogP contribution in [0.2, 0.25) is 0 Å². The molecule has 6 nitrogen and oxygen atoms in total. The van der Waals surface area contributed by atoms with E-state index in [4.69, 9.17) is 15.5 Å². The number of primary amides is 1. The Bertz CT molecular complexity index is 713. The molecule has 160 valence electrons. The lowest BCUT2D eigenvalue weighted by molar-refractivity contribution is -0.119. The van der Waals surface area contributed by atoms with Gasteiger partial charge >= 0.3 is 0 Å². The van der Waals surface area contributed by atoms with Gasteiger partial charge in [-0.25, -0.2) is 0 Å². The Kier molecular flexibility index (Phi) is 7.40. The number of aliphatic imine (C=N–C) groups is 1. The molecule has 1 amide bonds. The van der Waals surface area contributed by atoms with Crippen molar-refractivity contribution in [3.05, 3.63) is 29.8 Å². The zero-order valence-corrected chi connectivity index (χ0v) is 18.0. The number of likely N-dealkylation sites (tertiary alicyclic amines) is 1. The molecule has 29 heavy (non-hydrogen) atoms. The Hall–Kier alpha value is -2.24. The molecule has 1 aliphatic heterocycles. The predicted octanol–water partition coefficient (Wildman–Crippen LogP) is 3.06. The van der Waals surface area contributed by atoms with Crippen molar-refractivity contribution in [2.45, 2.75) is 57.3 Å². The largest absolute Gasteiger partial charge is 0.497 e. The number of guanidine groups is 1. The molecule has 0 radical (unpaired) electrons. The second-order valence-corrected chi connectivity index (χ2v) is 8.51. The SMILES string of the molecule is CCNC(=NCC1(c2cccc(OC)c2)CCCC1)N1CCCC(CC(N)=O)C1. The molecule has 1 saturated heterocycles. The van der Waals surface area contributed by atoms with Gasteiger partial charge in [0, 0.05) is 31.5 Å². The van der Waals surface area contributed by atoms with Gasteiger partial charge in [0.05, 0.1) is 13.7 Å². The molecule has 2 aliphatic rings. The van der Waals surface area contributed by atoms with Crippen LogP contribution in [0.15, 0.2) is 29.3 Å². The highest BCUT2D eigenvalue weighted by atomic mass is 16.5. The standard InChI is InChI=1S/C23H36N4O2/c1-3-25-22(27-13-7-8-18(16-27)14-21(24)28)26-17-23(11-4-5-12-23)19-9-6-10-20(15-19)29-2/h6,9-10,15,18H,3-5,7-8,11-14,16-17H2,1-2H3,(H2,24,28)(H,25,26). The number of carbonyl (C=O) groups excluding carboxylic acids is 1. The third kappa shape index (κ3) is 5.43. The number of ether oxygens (including phenoxy) is 1.